The van der Waals surface area contributed by atoms with Crippen molar-refractivity contribution in [3.05, 3.63) is 59.4 Å². The largest absolute Gasteiger partial charge is 0.487 e. The number of pyridine rings is 1. The molecule has 2 aromatic rings. The lowest BCUT2D eigenvalue weighted by Crippen LogP contribution is -2.42. The maximum Gasteiger partial charge on any atom is 0.326 e. The smallest absolute Gasteiger partial charge is 0.326 e. The average Bonchev–Trinajstić information content (AvgIpc) is 2.60. The Morgan fingerprint density at radius 3 is 2.65 bits per heavy atom. The SMILES string of the molecule is Cc1ccc(OCc2cccc(C(=O)NC(CC(F)F)C(=O)O)c2)cn1. The van der Waals surface area contributed by atoms with Gasteiger partial charge in [0.2, 0.25) is 6.43 Å². The number of benzene rings is 1. The van der Waals surface area contributed by atoms with E-state index in [1.165, 1.54) is 12.1 Å². The van der Waals surface area contributed by atoms with Crippen LogP contribution in [0, 0.1) is 6.92 Å². The van der Waals surface area contributed by atoms with Crippen LogP contribution in [0.2, 0.25) is 0 Å². The van der Waals surface area contributed by atoms with Crippen LogP contribution >= 0.6 is 0 Å². The lowest BCUT2D eigenvalue weighted by Gasteiger charge is -2.14. The zero-order valence-corrected chi connectivity index (χ0v) is 14.0. The van der Waals surface area contributed by atoms with Crippen LogP contribution in [-0.2, 0) is 11.4 Å². The fourth-order valence-corrected chi connectivity index (χ4v) is 2.15. The predicted molar refractivity (Wildman–Crippen MR) is 89.3 cm³/mol. The maximum atomic E-state index is 12.4. The number of aromatic nitrogens is 1. The summed E-state index contributed by atoms with van der Waals surface area (Å²) in [6, 6.07) is 8.22. The molecular weight excluding hydrogens is 346 g/mol. The number of ether oxygens (including phenoxy) is 1. The van der Waals surface area contributed by atoms with Crippen LogP contribution in [0.3, 0.4) is 0 Å². The van der Waals surface area contributed by atoms with Crippen molar-refractivity contribution >= 4 is 11.9 Å². The number of rotatable bonds is 8. The molecule has 6 nitrogen and oxygen atoms in total. The van der Waals surface area contributed by atoms with Crippen LogP contribution in [0.5, 0.6) is 5.75 Å². The van der Waals surface area contributed by atoms with Gasteiger partial charge in [0.15, 0.2) is 0 Å². The Balaban J connectivity index is 2.01. The van der Waals surface area contributed by atoms with Crippen molar-refractivity contribution in [1.82, 2.24) is 10.3 Å². The Kier molecular flexibility index (Phi) is 6.60. The first-order valence-corrected chi connectivity index (χ1v) is 7.81. The number of halogens is 2. The number of carbonyl (C=O) groups is 2. The number of carboxylic acids is 1. The average molecular weight is 364 g/mol. The minimum atomic E-state index is -2.83. The summed E-state index contributed by atoms with van der Waals surface area (Å²) in [6.07, 6.45) is -2.21. The second-order valence-electron chi connectivity index (χ2n) is 5.62. The number of carbonyl (C=O) groups excluding carboxylic acids is 1. The van der Waals surface area contributed by atoms with E-state index in [2.05, 4.69) is 10.3 Å². The highest BCUT2D eigenvalue weighted by Gasteiger charge is 2.24. The summed E-state index contributed by atoms with van der Waals surface area (Å²) in [4.78, 5) is 27.2. The first-order valence-electron chi connectivity index (χ1n) is 7.81. The van der Waals surface area contributed by atoms with E-state index in [0.717, 1.165) is 5.69 Å². The quantitative estimate of drug-likeness (QED) is 0.752. The van der Waals surface area contributed by atoms with E-state index >= 15 is 0 Å². The molecule has 0 aliphatic carbocycles. The number of hydrogen-bond donors (Lipinski definition) is 2. The van der Waals surface area contributed by atoms with Gasteiger partial charge >= 0.3 is 5.97 Å². The molecule has 0 aliphatic rings. The van der Waals surface area contributed by atoms with Crippen LogP contribution in [0.25, 0.3) is 0 Å². The van der Waals surface area contributed by atoms with Gasteiger partial charge < -0.3 is 15.2 Å². The van der Waals surface area contributed by atoms with Gasteiger partial charge in [-0.3, -0.25) is 9.78 Å². The van der Waals surface area contributed by atoms with E-state index in [-0.39, 0.29) is 12.2 Å². The van der Waals surface area contributed by atoms with Gasteiger partial charge in [-0.05, 0) is 36.8 Å². The monoisotopic (exact) mass is 364 g/mol. The number of nitrogens with one attached hydrogen (secondary N) is 1. The Morgan fingerprint density at radius 1 is 1.27 bits per heavy atom. The Hall–Kier alpha value is -3.03. The first-order chi connectivity index (χ1) is 12.3. The summed E-state index contributed by atoms with van der Waals surface area (Å²) < 4.78 is 30.4. The highest BCUT2D eigenvalue weighted by Crippen LogP contribution is 2.13. The molecular formula is C18H18F2N2O4. The van der Waals surface area contributed by atoms with Gasteiger partial charge in [-0.15, -0.1) is 0 Å². The third kappa shape index (κ3) is 5.80. The van der Waals surface area contributed by atoms with Crippen LogP contribution in [0.4, 0.5) is 8.78 Å². The standard InChI is InChI=1S/C18H18F2N2O4/c1-11-5-6-14(9-21-11)26-10-12-3-2-4-13(7-12)17(23)22-15(18(24)25)8-16(19)20/h2-7,9,15-16H,8,10H2,1H3,(H,22,23)(H,24,25). The van der Waals surface area contributed by atoms with Gasteiger partial charge in [-0.1, -0.05) is 12.1 Å². The molecule has 2 rings (SSSR count). The zero-order chi connectivity index (χ0) is 19.1. The van der Waals surface area contributed by atoms with E-state index in [9.17, 15) is 18.4 Å². The highest BCUT2D eigenvalue weighted by atomic mass is 19.3. The van der Waals surface area contributed by atoms with E-state index in [1.807, 2.05) is 6.92 Å². The molecule has 0 spiro atoms. The molecule has 1 aromatic carbocycles. The van der Waals surface area contributed by atoms with Gasteiger partial charge in [0, 0.05) is 17.7 Å². The molecule has 2 N–H and O–H groups in total. The number of aryl methyl sites for hydroxylation is 1. The maximum absolute atomic E-state index is 12.4. The molecule has 1 amide bonds. The van der Waals surface area contributed by atoms with E-state index < -0.39 is 30.8 Å². The lowest BCUT2D eigenvalue weighted by molar-refractivity contribution is -0.140. The third-order valence-electron chi connectivity index (χ3n) is 3.50. The van der Waals surface area contributed by atoms with Crippen LogP contribution in [0.1, 0.15) is 28.0 Å². The molecule has 138 valence electrons. The summed E-state index contributed by atoms with van der Waals surface area (Å²) in [5.74, 6) is -1.68. The molecule has 26 heavy (non-hydrogen) atoms. The fourth-order valence-electron chi connectivity index (χ4n) is 2.15. The van der Waals surface area contributed by atoms with E-state index in [4.69, 9.17) is 9.84 Å². The molecule has 8 heteroatoms. The number of aliphatic carboxylic acids is 1. The molecule has 0 bridgehead atoms. The Morgan fingerprint density at radius 2 is 2.04 bits per heavy atom. The molecule has 1 aromatic heterocycles. The number of hydrogen-bond acceptors (Lipinski definition) is 4. The van der Waals surface area contributed by atoms with Gasteiger partial charge in [-0.2, -0.15) is 0 Å². The van der Waals surface area contributed by atoms with Crippen molar-refractivity contribution in [2.75, 3.05) is 0 Å². The zero-order valence-electron chi connectivity index (χ0n) is 14.0. The van der Waals surface area contributed by atoms with Crippen molar-refractivity contribution < 1.29 is 28.2 Å². The Labute approximate surface area is 148 Å². The lowest BCUT2D eigenvalue weighted by atomic mass is 10.1. The summed E-state index contributed by atoms with van der Waals surface area (Å²) in [6.45, 7) is 2.02. The Bertz CT molecular complexity index is 766. The predicted octanol–water partition coefficient (Wildman–Crippen LogP) is 2.81. The first kappa shape index (κ1) is 19.3. The molecule has 1 unspecified atom stereocenters. The number of nitrogens with zero attached hydrogens (tertiary/aromatic N) is 1. The van der Waals surface area contributed by atoms with Crippen LogP contribution < -0.4 is 10.1 Å². The third-order valence-corrected chi connectivity index (χ3v) is 3.50. The van der Waals surface area contributed by atoms with Gasteiger partial charge in [0.1, 0.15) is 18.4 Å². The molecule has 0 aliphatic heterocycles. The van der Waals surface area contributed by atoms with Crippen molar-refractivity contribution in [2.24, 2.45) is 0 Å². The molecule has 1 atom stereocenters. The minimum Gasteiger partial charge on any atom is -0.487 e. The van der Waals surface area contributed by atoms with Gasteiger partial charge in [-0.25, -0.2) is 13.6 Å². The number of amides is 1. The van der Waals surface area contributed by atoms with E-state index in [0.29, 0.717) is 11.3 Å². The fraction of sp³-hybridized carbons (Fsp3) is 0.278. The molecule has 0 radical (unpaired) electrons. The second-order valence-corrected chi connectivity index (χ2v) is 5.62. The number of carboxylic acid groups (broad SMARTS) is 1. The molecule has 1 heterocycles. The molecule has 0 fully saturated rings. The number of alkyl halides is 2. The van der Waals surface area contributed by atoms with Gasteiger partial charge in [0.05, 0.1) is 6.20 Å². The minimum absolute atomic E-state index is 0.161. The van der Waals surface area contributed by atoms with Crippen molar-refractivity contribution in [3.63, 3.8) is 0 Å². The molecule has 0 saturated carbocycles. The summed E-state index contributed by atoms with van der Waals surface area (Å²) in [5, 5.41) is 11.0. The normalized spacial score (nSPS) is 11.8. The van der Waals surface area contributed by atoms with Crippen molar-refractivity contribution in [2.45, 2.75) is 32.4 Å². The second kappa shape index (κ2) is 8.89. The summed E-state index contributed by atoms with van der Waals surface area (Å²) in [7, 11) is 0. The summed E-state index contributed by atoms with van der Waals surface area (Å²) in [5.41, 5.74) is 1.68. The summed E-state index contributed by atoms with van der Waals surface area (Å²) >= 11 is 0. The highest BCUT2D eigenvalue weighted by molar-refractivity contribution is 5.96. The van der Waals surface area contributed by atoms with Crippen molar-refractivity contribution in [3.8, 4) is 5.75 Å². The topological polar surface area (TPSA) is 88.5 Å². The van der Waals surface area contributed by atoms with Crippen LogP contribution in [0.15, 0.2) is 42.6 Å². The van der Waals surface area contributed by atoms with Gasteiger partial charge in [0.25, 0.3) is 5.91 Å². The van der Waals surface area contributed by atoms with E-state index in [1.54, 1.807) is 30.5 Å². The van der Waals surface area contributed by atoms with Crippen LogP contribution in [-0.4, -0.2) is 34.4 Å². The molecule has 0 saturated heterocycles. The van der Waals surface area contributed by atoms with Crippen molar-refractivity contribution in [1.29, 1.82) is 0 Å².